The predicted molar refractivity (Wildman–Crippen MR) is 105 cm³/mol. The van der Waals surface area contributed by atoms with Gasteiger partial charge in [0.05, 0.1) is 18.6 Å². The summed E-state index contributed by atoms with van der Waals surface area (Å²) in [5.41, 5.74) is 0.407. The number of nitrogens with zero attached hydrogens (tertiary/aromatic N) is 2. The minimum Gasteiger partial charge on any atom is -0.504 e. The van der Waals surface area contributed by atoms with Crippen molar-refractivity contribution in [2.45, 2.75) is 26.2 Å². The Morgan fingerprint density at radius 1 is 1.18 bits per heavy atom. The molecule has 9 heteroatoms. The molecule has 146 valence electrons. The molecule has 0 amide bonds. The average molecular weight is 442 g/mol. The van der Waals surface area contributed by atoms with Crippen molar-refractivity contribution in [3.63, 3.8) is 0 Å². The van der Waals surface area contributed by atoms with Gasteiger partial charge in [-0.2, -0.15) is 5.26 Å². The van der Waals surface area contributed by atoms with Crippen LogP contribution in [0.15, 0.2) is 18.2 Å². The summed E-state index contributed by atoms with van der Waals surface area (Å²) in [7, 11) is 0. The summed E-state index contributed by atoms with van der Waals surface area (Å²) in [5, 5.41) is 20.4. The number of hydrogen-bond acceptors (Lipinski definition) is 6. The normalized spacial score (nSPS) is 10.4. The molecule has 1 aromatic heterocycles. The van der Waals surface area contributed by atoms with Gasteiger partial charge >= 0.3 is 5.97 Å². The van der Waals surface area contributed by atoms with Crippen molar-refractivity contribution in [2.75, 3.05) is 6.61 Å². The first-order valence-corrected chi connectivity index (χ1v) is 9.35. The van der Waals surface area contributed by atoms with Crippen molar-refractivity contribution < 1.29 is 19.4 Å². The summed E-state index contributed by atoms with van der Waals surface area (Å²) >= 11 is 18.3. The average Bonchev–Trinajstić information content (AvgIpc) is 2.63. The van der Waals surface area contributed by atoms with Gasteiger partial charge in [-0.3, -0.25) is 9.59 Å². The maximum atomic E-state index is 12.4. The molecule has 0 spiro atoms. The van der Waals surface area contributed by atoms with Gasteiger partial charge in [-0.15, -0.1) is 0 Å². The van der Waals surface area contributed by atoms with Crippen molar-refractivity contribution in [1.29, 1.82) is 5.26 Å². The monoisotopic (exact) mass is 440 g/mol. The number of Topliss-reactive ketones (excluding diaryl/α,β-unsaturated/α-hetero) is 1. The van der Waals surface area contributed by atoms with E-state index in [1.807, 2.05) is 6.07 Å². The molecule has 1 N–H and O–H groups in total. The highest BCUT2D eigenvalue weighted by Gasteiger charge is 2.20. The first-order chi connectivity index (χ1) is 13.3. The molecule has 0 bridgehead atoms. The molecule has 0 saturated heterocycles. The third kappa shape index (κ3) is 5.35. The quantitative estimate of drug-likeness (QED) is 0.492. The Balaban J connectivity index is 2.35. The number of ketones is 1. The number of benzene rings is 1. The molecule has 0 atom stereocenters. The Bertz CT molecular complexity index is 947. The largest absolute Gasteiger partial charge is 0.504 e. The van der Waals surface area contributed by atoms with E-state index in [1.165, 1.54) is 18.2 Å². The number of pyridine rings is 1. The van der Waals surface area contributed by atoms with Crippen LogP contribution in [0.5, 0.6) is 5.75 Å². The molecule has 0 radical (unpaired) electrons. The third-order valence-corrected chi connectivity index (χ3v) is 4.65. The lowest BCUT2D eigenvalue weighted by Gasteiger charge is -2.11. The van der Waals surface area contributed by atoms with Gasteiger partial charge in [-0.25, -0.2) is 4.98 Å². The maximum Gasteiger partial charge on any atom is 0.306 e. The topological polar surface area (TPSA) is 100 Å². The summed E-state index contributed by atoms with van der Waals surface area (Å²) < 4.78 is 4.78. The van der Waals surface area contributed by atoms with E-state index in [4.69, 9.17) is 39.5 Å². The van der Waals surface area contributed by atoms with E-state index in [2.05, 4.69) is 4.98 Å². The van der Waals surface area contributed by atoms with E-state index in [9.17, 15) is 20.0 Å². The fourth-order valence-electron chi connectivity index (χ4n) is 2.45. The Morgan fingerprint density at radius 3 is 2.39 bits per heavy atom. The van der Waals surface area contributed by atoms with Crippen LogP contribution in [0.3, 0.4) is 0 Å². The van der Waals surface area contributed by atoms with Gasteiger partial charge in [0.1, 0.15) is 11.8 Å². The van der Waals surface area contributed by atoms with Gasteiger partial charge in [0.15, 0.2) is 11.5 Å². The Labute approximate surface area is 176 Å². The highest BCUT2D eigenvalue weighted by molar-refractivity contribution is 6.39. The molecule has 28 heavy (non-hydrogen) atoms. The van der Waals surface area contributed by atoms with Gasteiger partial charge in [-0.1, -0.05) is 34.8 Å². The fraction of sp³-hybridized carbons (Fsp3) is 0.263. The van der Waals surface area contributed by atoms with Gasteiger partial charge < -0.3 is 9.84 Å². The molecule has 2 aromatic rings. The summed E-state index contributed by atoms with van der Waals surface area (Å²) in [5.74, 6) is -1.66. The van der Waals surface area contributed by atoms with Gasteiger partial charge in [0.25, 0.3) is 0 Å². The highest BCUT2D eigenvalue weighted by atomic mass is 35.5. The zero-order valence-corrected chi connectivity index (χ0v) is 17.0. The summed E-state index contributed by atoms with van der Waals surface area (Å²) in [4.78, 5) is 28.0. The van der Waals surface area contributed by atoms with Crippen molar-refractivity contribution in [2.24, 2.45) is 0 Å². The van der Waals surface area contributed by atoms with Crippen LogP contribution < -0.4 is 0 Å². The molecule has 0 unspecified atom stereocenters. The number of ether oxygens (including phenoxy) is 1. The van der Waals surface area contributed by atoms with E-state index in [0.717, 1.165) is 0 Å². The molecule has 0 saturated carbocycles. The van der Waals surface area contributed by atoms with Gasteiger partial charge in [0.2, 0.25) is 0 Å². The zero-order valence-electron chi connectivity index (χ0n) is 14.8. The molecule has 0 fully saturated rings. The second kappa shape index (κ2) is 9.74. The molecule has 6 nitrogen and oxygen atoms in total. The standard InChI is InChI=1S/C19H15Cl3N2O4/c1-2-28-17(26)4-3-16(25)18-19(27)10(9-23)5-12(24-18)8-13-14(21)6-11(20)7-15(13)22/h5-7,27H,2-4,8H2,1H3. The third-order valence-electron chi connectivity index (χ3n) is 3.76. The van der Waals surface area contributed by atoms with E-state index < -0.39 is 17.5 Å². The van der Waals surface area contributed by atoms with Crippen molar-refractivity contribution >= 4 is 46.6 Å². The van der Waals surface area contributed by atoms with Crippen LogP contribution in [0, 0.1) is 11.3 Å². The second-order valence-corrected chi connectivity index (χ2v) is 6.97. The smallest absolute Gasteiger partial charge is 0.306 e. The molecular formula is C19H15Cl3N2O4. The van der Waals surface area contributed by atoms with Crippen LogP contribution in [-0.2, 0) is 16.0 Å². The van der Waals surface area contributed by atoms with E-state index in [-0.39, 0.29) is 37.1 Å². The van der Waals surface area contributed by atoms with E-state index in [0.29, 0.717) is 26.3 Å². The summed E-state index contributed by atoms with van der Waals surface area (Å²) in [6.45, 7) is 1.86. The van der Waals surface area contributed by atoms with Gasteiger partial charge in [-0.05, 0) is 30.7 Å². The molecule has 1 aromatic carbocycles. The summed E-state index contributed by atoms with van der Waals surface area (Å²) in [6.07, 6.45) is -0.257. The maximum absolute atomic E-state index is 12.4. The lowest BCUT2D eigenvalue weighted by atomic mass is 10.0. The number of aromatic nitrogens is 1. The number of nitriles is 1. The number of carbonyl (C=O) groups is 2. The number of halogens is 3. The van der Waals surface area contributed by atoms with Crippen LogP contribution in [0.2, 0.25) is 15.1 Å². The summed E-state index contributed by atoms with van der Waals surface area (Å²) in [6, 6.07) is 6.20. The highest BCUT2D eigenvalue weighted by Crippen LogP contribution is 2.32. The first-order valence-electron chi connectivity index (χ1n) is 8.22. The van der Waals surface area contributed by atoms with Gasteiger partial charge in [0, 0.05) is 33.6 Å². The number of esters is 1. The minimum absolute atomic E-state index is 0.113. The fourth-order valence-corrected chi connectivity index (χ4v) is 3.40. The van der Waals surface area contributed by atoms with Crippen LogP contribution >= 0.6 is 34.8 Å². The second-order valence-electron chi connectivity index (χ2n) is 5.72. The SMILES string of the molecule is CCOC(=O)CCC(=O)c1nc(Cc2c(Cl)cc(Cl)cc2Cl)cc(C#N)c1O. The number of hydrogen-bond donors (Lipinski definition) is 1. The van der Waals surface area contributed by atoms with Crippen LogP contribution in [0.1, 0.15) is 47.1 Å². The van der Waals surface area contributed by atoms with Crippen molar-refractivity contribution in [1.82, 2.24) is 4.98 Å². The molecule has 0 aliphatic rings. The van der Waals surface area contributed by atoms with E-state index in [1.54, 1.807) is 6.92 Å². The Hall–Kier alpha value is -2.33. The van der Waals surface area contributed by atoms with Crippen LogP contribution in [0.4, 0.5) is 0 Å². The molecular weight excluding hydrogens is 427 g/mol. The predicted octanol–water partition coefficient (Wildman–Crippen LogP) is 4.74. The number of aromatic hydroxyl groups is 1. The van der Waals surface area contributed by atoms with Crippen molar-refractivity contribution in [3.05, 3.63) is 55.8 Å². The molecule has 2 rings (SSSR count). The number of rotatable bonds is 7. The van der Waals surface area contributed by atoms with Crippen LogP contribution in [0.25, 0.3) is 0 Å². The Kier molecular flexibility index (Phi) is 7.64. The number of carbonyl (C=O) groups excluding carboxylic acids is 2. The molecule has 0 aliphatic heterocycles. The molecule has 1 heterocycles. The van der Waals surface area contributed by atoms with Crippen molar-refractivity contribution in [3.8, 4) is 11.8 Å². The Morgan fingerprint density at radius 2 is 1.82 bits per heavy atom. The molecule has 0 aliphatic carbocycles. The minimum atomic E-state index is -0.586. The lowest BCUT2D eigenvalue weighted by Crippen LogP contribution is -2.11. The first kappa shape index (κ1) is 22.0. The van der Waals surface area contributed by atoms with E-state index >= 15 is 0 Å². The lowest BCUT2D eigenvalue weighted by molar-refractivity contribution is -0.143. The zero-order chi connectivity index (χ0) is 20.8. The van der Waals surface area contributed by atoms with Crippen LogP contribution in [-0.4, -0.2) is 28.4 Å².